The number of hydrogen-bond acceptors (Lipinski definition) is 4. The van der Waals surface area contributed by atoms with E-state index in [2.05, 4.69) is 10.1 Å². The van der Waals surface area contributed by atoms with Crippen molar-refractivity contribution in [2.75, 3.05) is 7.11 Å². The van der Waals surface area contributed by atoms with Crippen molar-refractivity contribution in [2.45, 2.75) is 39.0 Å². The quantitative estimate of drug-likeness (QED) is 0.765. The van der Waals surface area contributed by atoms with Gasteiger partial charge in [0.25, 0.3) is 5.56 Å². The van der Waals surface area contributed by atoms with Crippen LogP contribution in [0.5, 0.6) is 0 Å². The van der Waals surface area contributed by atoms with Crippen LogP contribution in [0, 0.1) is 5.92 Å². The molecule has 10 heteroatoms. The lowest BCUT2D eigenvalue weighted by molar-refractivity contribution is -0.145. The minimum atomic E-state index is -4.72. The summed E-state index contributed by atoms with van der Waals surface area (Å²) >= 11 is 5.52. The van der Waals surface area contributed by atoms with Crippen LogP contribution in [0.2, 0.25) is 5.02 Å². The van der Waals surface area contributed by atoms with Gasteiger partial charge in [0.05, 0.1) is 12.7 Å². The zero-order valence-corrected chi connectivity index (χ0v) is 14.6. The van der Waals surface area contributed by atoms with Crippen LogP contribution in [-0.2, 0) is 27.0 Å². The maximum atomic E-state index is 12.8. The maximum Gasteiger partial charge on any atom is 0.417 e. The van der Waals surface area contributed by atoms with E-state index >= 15 is 0 Å². The summed E-state index contributed by atoms with van der Waals surface area (Å²) < 4.78 is 43.5. The average molecular weight is 383 g/mol. The van der Waals surface area contributed by atoms with Crippen molar-refractivity contribution in [1.82, 2.24) is 9.88 Å². The Labute approximate surface area is 146 Å². The van der Waals surface area contributed by atoms with Crippen LogP contribution in [0.25, 0.3) is 0 Å². The van der Waals surface area contributed by atoms with Gasteiger partial charge in [-0.15, -0.1) is 0 Å². The normalized spacial score (nSPS) is 12.8. The Bertz CT molecular complexity index is 701. The fraction of sp³-hybridized carbons (Fsp3) is 0.533. The van der Waals surface area contributed by atoms with Crippen molar-refractivity contribution < 1.29 is 27.5 Å². The van der Waals surface area contributed by atoms with Crippen LogP contribution in [0.1, 0.15) is 25.8 Å². The van der Waals surface area contributed by atoms with Crippen molar-refractivity contribution in [3.05, 3.63) is 33.2 Å². The molecule has 1 aromatic rings. The molecule has 1 amide bonds. The molecule has 25 heavy (non-hydrogen) atoms. The number of pyridine rings is 1. The SMILES string of the molecule is COC(=O)[C@H](CC(C)C)NC(=O)Cn1cc(C(F)(F)F)cc(Cl)c1=O. The number of nitrogens with zero attached hydrogens (tertiary/aromatic N) is 1. The smallest absolute Gasteiger partial charge is 0.417 e. The van der Waals surface area contributed by atoms with Gasteiger partial charge in [-0.2, -0.15) is 13.2 Å². The second-order valence-electron chi connectivity index (χ2n) is 5.78. The number of rotatable bonds is 6. The molecule has 0 spiro atoms. The third-order valence-electron chi connectivity index (χ3n) is 3.21. The predicted molar refractivity (Wildman–Crippen MR) is 84.1 cm³/mol. The molecule has 1 atom stereocenters. The Hall–Kier alpha value is -2.03. The second kappa shape index (κ2) is 8.37. The molecule has 0 aromatic carbocycles. The summed E-state index contributed by atoms with van der Waals surface area (Å²) in [6.45, 7) is 2.92. The van der Waals surface area contributed by atoms with E-state index in [9.17, 15) is 27.6 Å². The predicted octanol–water partition coefficient (Wildman–Crippen LogP) is 2.22. The topological polar surface area (TPSA) is 77.4 Å². The number of hydrogen-bond donors (Lipinski definition) is 1. The molecule has 6 nitrogen and oxygen atoms in total. The van der Waals surface area contributed by atoms with E-state index in [1.807, 2.05) is 13.8 Å². The molecule has 0 saturated carbocycles. The Morgan fingerprint density at radius 2 is 1.96 bits per heavy atom. The van der Waals surface area contributed by atoms with Crippen LogP contribution in [0.4, 0.5) is 13.2 Å². The Balaban J connectivity index is 3.01. The van der Waals surface area contributed by atoms with E-state index in [4.69, 9.17) is 11.6 Å². The van der Waals surface area contributed by atoms with Gasteiger partial charge in [0.15, 0.2) is 0 Å². The molecular formula is C15H18ClF3N2O4. The van der Waals surface area contributed by atoms with Gasteiger partial charge in [-0.05, 0) is 18.4 Å². The molecular weight excluding hydrogens is 365 g/mol. The van der Waals surface area contributed by atoms with E-state index in [-0.39, 0.29) is 12.3 Å². The zero-order chi connectivity index (χ0) is 19.4. The summed E-state index contributed by atoms with van der Waals surface area (Å²) in [5.74, 6) is -1.44. The van der Waals surface area contributed by atoms with E-state index in [0.717, 1.165) is 7.11 Å². The highest BCUT2D eigenvalue weighted by Crippen LogP contribution is 2.29. The van der Waals surface area contributed by atoms with Gasteiger partial charge in [0, 0.05) is 6.20 Å². The number of alkyl halides is 3. The number of nitrogens with one attached hydrogen (secondary N) is 1. The second-order valence-corrected chi connectivity index (χ2v) is 6.19. The van der Waals surface area contributed by atoms with Crippen LogP contribution in [0.3, 0.4) is 0 Å². The van der Waals surface area contributed by atoms with Crippen molar-refractivity contribution in [3.63, 3.8) is 0 Å². The number of carbonyl (C=O) groups is 2. The van der Waals surface area contributed by atoms with E-state index < -0.39 is 46.8 Å². The molecule has 140 valence electrons. The van der Waals surface area contributed by atoms with Gasteiger partial charge in [0.2, 0.25) is 5.91 Å². The lowest BCUT2D eigenvalue weighted by atomic mass is 10.0. The summed E-state index contributed by atoms with van der Waals surface area (Å²) in [6, 6.07) is -0.469. The first-order chi connectivity index (χ1) is 11.5. The summed E-state index contributed by atoms with van der Waals surface area (Å²) in [5, 5.41) is 1.70. The number of amides is 1. The Morgan fingerprint density at radius 1 is 1.36 bits per heavy atom. The van der Waals surface area contributed by atoms with Crippen molar-refractivity contribution in [3.8, 4) is 0 Å². The van der Waals surface area contributed by atoms with Crippen molar-refractivity contribution in [1.29, 1.82) is 0 Å². The van der Waals surface area contributed by atoms with Gasteiger partial charge in [-0.3, -0.25) is 9.59 Å². The van der Waals surface area contributed by atoms with Gasteiger partial charge >= 0.3 is 12.1 Å². The van der Waals surface area contributed by atoms with E-state index in [1.165, 1.54) is 0 Å². The highest BCUT2D eigenvalue weighted by molar-refractivity contribution is 6.30. The number of aromatic nitrogens is 1. The monoisotopic (exact) mass is 382 g/mol. The van der Waals surface area contributed by atoms with Crippen molar-refractivity contribution >= 4 is 23.5 Å². The average Bonchev–Trinajstić information content (AvgIpc) is 2.48. The summed E-state index contributed by atoms with van der Waals surface area (Å²) in [6.07, 6.45) is -3.94. The molecule has 1 heterocycles. The maximum absolute atomic E-state index is 12.8. The molecule has 1 rings (SSSR count). The number of halogens is 4. The number of ether oxygens (including phenoxy) is 1. The molecule has 0 aliphatic rings. The molecule has 0 bridgehead atoms. The van der Waals surface area contributed by atoms with Gasteiger partial charge in [-0.25, -0.2) is 4.79 Å². The summed E-state index contributed by atoms with van der Waals surface area (Å²) in [7, 11) is 1.15. The largest absolute Gasteiger partial charge is 0.467 e. The minimum absolute atomic E-state index is 0.0510. The highest BCUT2D eigenvalue weighted by Gasteiger charge is 2.32. The minimum Gasteiger partial charge on any atom is -0.467 e. The molecule has 0 fully saturated rings. The molecule has 0 saturated heterocycles. The van der Waals surface area contributed by atoms with E-state index in [0.29, 0.717) is 16.8 Å². The molecule has 0 unspecified atom stereocenters. The molecule has 1 aromatic heterocycles. The third-order valence-corrected chi connectivity index (χ3v) is 3.48. The first kappa shape index (κ1) is 21.0. The fourth-order valence-corrected chi connectivity index (χ4v) is 2.32. The summed E-state index contributed by atoms with van der Waals surface area (Å²) in [4.78, 5) is 35.5. The molecule has 0 aliphatic carbocycles. The van der Waals surface area contributed by atoms with Gasteiger partial charge < -0.3 is 14.6 Å². The first-order valence-electron chi connectivity index (χ1n) is 7.30. The van der Waals surface area contributed by atoms with Crippen LogP contribution in [0.15, 0.2) is 17.1 Å². The van der Waals surface area contributed by atoms with Crippen LogP contribution >= 0.6 is 11.6 Å². The number of carbonyl (C=O) groups excluding carboxylic acids is 2. The lowest BCUT2D eigenvalue weighted by Gasteiger charge is -2.19. The number of esters is 1. The first-order valence-corrected chi connectivity index (χ1v) is 7.67. The van der Waals surface area contributed by atoms with Gasteiger partial charge in [0.1, 0.15) is 17.6 Å². The van der Waals surface area contributed by atoms with Crippen LogP contribution in [-0.4, -0.2) is 29.6 Å². The van der Waals surface area contributed by atoms with Crippen LogP contribution < -0.4 is 10.9 Å². The Morgan fingerprint density at radius 3 is 2.44 bits per heavy atom. The molecule has 1 N–H and O–H groups in total. The van der Waals surface area contributed by atoms with Gasteiger partial charge in [-0.1, -0.05) is 25.4 Å². The lowest BCUT2D eigenvalue weighted by Crippen LogP contribution is -2.44. The summed E-state index contributed by atoms with van der Waals surface area (Å²) in [5.41, 5.74) is -2.10. The molecule has 0 radical (unpaired) electrons. The van der Waals surface area contributed by atoms with Crippen molar-refractivity contribution in [2.24, 2.45) is 5.92 Å². The third kappa shape index (κ3) is 6.08. The fourth-order valence-electron chi connectivity index (χ4n) is 2.09. The zero-order valence-electron chi connectivity index (χ0n) is 13.8. The van der Waals surface area contributed by atoms with E-state index in [1.54, 1.807) is 0 Å². The molecule has 0 aliphatic heterocycles. The standard InChI is InChI=1S/C15H18ClF3N2O4/c1-8(2)4-11(14(24)25-3)20-12(22)7-21-6-9(15(17,18)19)5-10(16)13(21)23/h5-6,8,11H,4,7H2,1-3H3,(H,20,22)/t11-/m0/s1. The highest BCUT2D eigenvalue weighted by atomic mass is 35.5. The number of methoxy groups -OCH3 is 1. The Kier molecular flexibility index (Phi) is 7.04.